The predicted octanol–water partition coefficient (Wildman–Crippen LogP) is 1.89. The van der Waals surface area contributed by atoms with Gasteiger partial charge in [0.1, 0.15) is 5.69 Å². The molecule has 2 rings (SSSR count). The van der Waals surface area contributed by atoms with Gasteiger partial charge < -0.3 is 16.2 Å². The molecule has 104 valence electrons. The minimum atomic E-state index is -0.782. The van der Waals surface area contributed by atoms with E-state index in [0.29, 0.717) is 16.9 Å². The van der Waals surface area contributed by atoms with Crippen LogP contribution in [0, 0.1) is 0 Å². The van der Waals surface area contributed by atoms with Crippen molar-refractivity contribution in [2.24, 2.45) is 0 Å². The summed E-state index contributed by atoms with van der Waals surface area (Å²) < 4.78 is 0.802. The molecular weight excluding hydrogens is 322 g/mol. The third-order valence-corrected chi connectivity index (χ3v) is 3.21. The maximum atomic E-state index is 11.8. The number of benzene rings is 1. The first kappa shape index (κ1) is 14.5. The van der Waals surface area contributed by atoms with E-state index in [1.165, 1.54) is 0 Å². The van der Waals surface area contributed by atoms with Crippen LogP contribution in [0.25, 0.3) is 0 Å². The van der Waals surface area contributed by atoms with Crippen LogP contribution in [0.3, 0.4) is 0 Å². The highest BCUT2D eigenvalue weighted by molar-refractivity contribution is 9.10. The molecule has 2 aromatic rings. The van der Waals surface area contributed by atoms with E-state index in [2.05, 4.69) is 26.2 Å². The van der Waals surface area contributed by atoms with Gasteiger partial charge in [-0.05, 0) is 45.8 Å². The molecule has 1 unspecified atom stereocenters. The highest BCUT2D eigenvalue weighted by Gasteiger charge is 2.11. The molecule has 1 aromatic heterocycles. The molecule has 1 atom stereocenters. The second kappa shape index (κ2) is 6.49. The Balaban J connectivity index is 1.92. The Morgan fingerprint density at radius 1 is 1.30 bits per heavy atom. The summed E-state index contributed by atoms with van der Waals surface area (Å²) in [5.41, 5.74) is 7.20. The lowest BCUT2D eigenvalue weighted by molar-refractivity contribution is 0.0911. The number of hydrogen-bond donors (Lipinski definition) is 3. The van der Waals surface area contributed by atoms with Crippen LogP contribution in [-0.2, 0) is 0 Å². The van der Waals surface area contributed by atoms with Crippen molar-refractivity contribution in [2.45, 2.75) is 6.10 Å². The highest BCUT2D eigenvalue weighted by Crippen LogP contribution is 2.14. The molecule has 0 spiro atoms. The molecular formula is C14H14BrN3O2. The van der Waals surface area contributed by atoms with Crippen molar-refractivity contribution in [1.82, 2.24) is 10.3 Å². The van der Waals surface area contributed by atoms with Crippen molar-refractivity contribution in [3.05, 3.63) is 58.3 Å². The number of nitrogens with two attached hydrogens (primary N) is 1. The van der Waals surface area contributed by atoms with E-state index < -0.39 is 6.10 Å². The van der Waals surface area contributed by atoms with Crippen LogP contribution in [0.15, 0.2) is 47.1 Å². The fraction of sp³-hybridized carbons (Fsp3) is 0.143. The van der Waals surface area contributed by atoms with Gasteiger partial charge in [-0.15, -0.1) is 0 Å². The van der Waals surface area contributed by atoms with E-state index >= 15 is 0 Å². The van der Waals surface area contributed by atoms with Gasteiger partial charge in [0.05, 0.1) is 6.10 Å². The van der Waals surface area contributed by atoms with Gasteiger partial charge in [-0.25, -0.2) is 4.98 Å². The summed E-state index contributed by atoms with van der Waals surface area (Å²) in [5.74, 6) is -0.327. The van der Waals surface area contributed by atoms with Crippen LogP contribution < -0.4 is 11.1 Å². The molecule has 0 saturated heterocycles. The van der Waals surface area contributed by atoms with Gasteiger partial charge >= 0.3 is 0 Å². The van der Waals surface area contributed by atoms with Crippen LogP contribution in [0.2, 0.25) is 0 Å². The van der Waals surface area contributed by atoms with E-state index in [4.69, 9.17) is 5.73 Å². The smallest absolute Gasteiger partial charge is 0.269 e. The highest BCUT2D eigenvalue weighted by atomic mass is 79.9. The molecule has 6 heteroatoms. The maximum Gasteiger partial charge on any atom is 0.269 e. The average Bonchev–Trinajstić information content (AvgIpc) is 2.46. The quantitative estimate of drug-likeness (QED) is 0.744. The second-order valence-electron chi connectivity index (χ2n) is 4.25. The van der Waals surface area contributed by atoms with Crippen LogP contribution in [0.1, 0.15) is 22.2 Å². The van der Waals surface area contributed by atoms with Crippen LogP contribution in [0.5, 0.6) is 0 Å². The number of aliphatic hydroxyl groups is 1. The van der Waals surface area contributed by atoms with Crippen LogP contribution in [-0.4, -0.2) is 22.5 Å². The zero-order chi connectivity index (χ0) is 14.5. The minimum absolute atomic E-state index is 0.112. The zero-order valence-corrected chi connectivity index (χ0v) is 12.2. The van der Waals surface area contributed by atoms with Gasteiger partial charge in [0.2, 0.25) is 0 Å². The van der Waals surface area contributed by atoms with E-state index in [1.54, 1.807) is 42.6 Å². The zero-order valence-electron chi connectivity index (χ0n) is 10.6. The SMILES string of the molecule is Nc1ccc(C(O)CNC(=O)c2ccc(Br)cn2)cc1. The van der Waals surface area contributed by atoms with E-state index in [-0.39, 0.29) is 12.5 Å². The summed E-state index contributed by atoms with van der Waals surface area (Å²) in [6.45, 7) is 0.112. The Morgan fingerprint density at radius 2 is 2.00 bits per heavy atom. The second-order valence-corrected chi connectivity index (χ2v) is 5.17. The number of anilines is 1. The van der Waals surface area contributed by atoms with Crippen molar-refractivity contribution in [3.63, 3.8) is 0 Å². The number of nitrogen functional groups attached to an aromatic ring is 1. The Kier molecular flexibility index (Phi) is 4.70. The Labute approximate surface area is 125 Å². The number of carbonyl (C=O) groups excluding carboxylic acids is 1. The molecule has 0 aliphatic heterocycles. The van der Waals surface area contributed by atoms with E-state index in [0.717, 1.165) is 4.47 Å². The molecule has 0 aliphatic rings. The average molecular weight is 336 g/mol. The molecule has 5 nitrogen and oxygen atoms in total. The molecule has 0 fully saturated rings. The van der Waals surface area contributed by atoms with Crippen molar-refractivity contribution < 1.29 is 9.90 Å². The molecule has 4 N–H and O–H groups in total. The van der Waals surface area contributed by atoms with E-state index in [1.807, 2.05) is 0 Å². The van der Waals surface area contributed by atoms with Gasteiger partial charge in [0.25, 0.3) is 5.91 Å². The summed E-state index contributed by atoms with van der Waals surface area (Å²) in [5, 5.41) is 12.6. The molecule has 0 bridgehead atoms. The van der Waals surface area contributed by atoms with Gasteiger partial charge in [-0.1, -0.05) is 12.1 Å². The standard InChI is InChI=1S/C14H14BrN3O2/c15-10-3-6-12(17-7-10)14(20)18-8-13(19)9-1-4-11(16)5-2-9/h1-7,13,19H,8,16H2,(H,18,20). The minimum Gasteiger partial charge on any atom is -0.399 e. The fourth-order valence-electron chi connectivity index (χ4n) is 1.63. The summed E-state index contributed by atoms with van der Waals surface area (Å²) in [6, 6.07) is 10.2. The molecule has 0 radical (unpaired) electrons. The van der Waals surface area contributed by atoms with Crippen LogP contribution >= 0.6 is 15.9 Å². The number of aliphatic hydroxyl groups excluding tert-OH is 1. The predicted molar refractivity (Wildman–Crippen MR) is 80.1 cm³/mol. The van der Waals surface area contributed by atoms with Crippen molar-refractivity contribution in [2.75, 3.05) is 12.3 Å². The third kappa shape index (κ3) is 3.79. The van der Waals surface area contributed by atoms with Crippen molar-refractivity contribution in [1.29, 1.82) is 0 Å². The molecule has 1 aromatic carbocycles. The Bertz CT molecular complexity index is 584. The number of nitrogens with one attached hydrogen (secondary N) is 1. The molecule has 0 aliphatic carbocycles. The van der Waals surface area contributed by atoms with Gasteiger partial charge in [0.15, 0.2) is 0 Å². The lowest BCUT2D eigenvalue weighted by Gasteiger charge is -2.12. The largest absolute Gasteiger partial charge is 0.399 e. The topological polar surface area (TPSA) is 88.2 Å². The van der Waals surface area contributed by atoms with Gasteiger partial charge in [-0.2, -0.15) is 0 Å². The summed E-state index contributed by atoms with van der Waals surface area (Å²) in [4.78, 5) is 15.8. The first-order valence-corrected chi connectivity index (χ1v) is 6.79. The molecule has 0 saturated carbocycles. The number of hydrogen-bond acceptors (Lipinski definition) is 4. The number of nitrogens with zero attached hydrogens (tertiary/aromatic N) is 1. The summed E-state index contributed by atoms with van der Waals surface area (Å²) in [7, 11) is 0. The lowest BCUT2D eigenvalue weighted by atomic mass is 10.1. The first-order chi connectivity index (χ1) is 9.56. The summed E-state index contributed by atoms with van der Waals surface area (Å²) >= 11 is 3.25. The number of halogens is 1. The Hall–Kier alpha value is -1.92. The van der Waals surface area contributed by atoms with Gasteiger partial charge in [-0.3, -0.25) is 4.79 Å². The van der Waals surface area contributed by atoms with Crippen LogP contribution in [0.4, 0.5) is 5.69 Å². The first-order valence-electron chi connectivity index (χ1n) is 5.99. The monoisotopic (exact) mass is 335 g/mol. The molecule has 20 heavy (non-hydrogen) atoms. The molecule has 1 amide bonds. The number of rotatable bonds is 4. The normalized spacial score (nSPS) is 11.9. The number of amides is 1. The number of aromatic nitrogens is 1. The lowest BCUT2D eigenvalue weighted by Crippen LogP contribution is -2.29. The fourth-order valence-corrected chi connectivity index (χ4v) is 1.86. The molecule has 1 heterocycles. The third-order valence-electron chi connectivity index (χ3n) is 2.74. The Morgan fingerprint density at radius 3 is 2.60 bits per heavy atom. The van der Waals surface area contributed by atoms with Gasteiger partial charge in [0, 0.05) is 22.9 Å². The number of carbonyl (C=O) groups is 1. The summed E-state index contributed by atoms with van der Waals surface area (Å²) in [6.07, 6.45) is 0.765. The van der Waals surface area contributed by atoms with Crippen molar-refractivity contribution in [3.8, 4) is 0 Å². The van der Waals surface area contributed by atoms with E-state index in [9.17, 15) is 9.90 Å². The maximum absolute atomic E-state index is 11.8. The number of pyridine rings is 1. The van der Waals surface area contributed by atoms with Crippen molar-refractivity contribution >= 4 is 27.5 Å².